The number of amides is 1. The second-order valence-electron chi connectivity index (χ2n) is 5.36. The average Bonchev–Trinajstić information content (AvgIpc) is 2.88. The van der Waals surface area contributed by atoms with Gasteiger partial charge in [-0.2, -0.15) is 0 Å². The molecule has 20 heavy (non-hydrogen) atoms. The minimum absolute atomic E-state index is 0.0278. The maximum Gasteiger partial charge on any atom is 0.237 e. The highest BCUT2D eigenvalue weighted by Gasteiger charge is 2.28. The van der Waals surface area contributed by atoms with Crippen molar-refractivity contribution in [1.82, 2.24) is 4.90 Å². The molecular formula is C15H21NO3S. The Morgan fingerprint density at radius 3 is 2.65 bits per heavy atom. The summed E-state index contributed by atoms with van der Waals surface area (Å²) in [4.78, 5) is 13.7. The van der Waals surface area contributed by atoms with E-state index in [-0.39, 0.29) is 17.4 Å². The van der Waals surface area contributed by atoms with E-state index in [0.29, 0.717) is 19.0 Å². The molecule has 1 saturated heterocycles. The van der Waals surface area contributed by atoms with Crippen LogP contribution in [-0.2, 0) is 21.1 Å². The van der Waals surface area contributed by atoms with Gasteiger partial charge in [0.15, 0.2) is 9.84 Å². The fourth-order valence-electron chi connectivity index (χ4n) is 2.55. The Labute approximate surface area is 120 Å². The molecule has 1 heterocycles. The van der Waals surface area contributed by atoms with Crippen molar-refractivity contribution in [3.63, 3.8) is 0 Å². The van der Waals surface area contributed by atoms with Crippen LogP contribution in [0.1, 0.15) is 18.9 Å². The second kappa shape index (κ2) is 6.39. The van der Waals surface area contributed by atoms with Crippen molar-refractivity contribution in [1.29, 1.82) is 0 Å². The lowest BCUT2D eigenvalue weighted by Crippen LogP contribution is -2.34. The van der Waals surface area contributed by atoms with Crippen LogP contribution in [0.4, 0.5) is 0 Å². The molecule has 4 nitrogen and oxygen atoms in total. The van der Waals surface area contributed by atoms with Gasteiger partial charge in [0.25, 0.3) is 0 Å². The summed E-state index contributed by atoms with van der Waals surface area (Å²) in [6.45, 7) is 2.92. The van der Waals surface area contributed by atoms with Gasteiger partial charge < -0.3 is 4.90 Å². The van der Waals surface area contributed by atoms with Crippen LogP contribution in [0.15, 0.2) is 30.3 Å². The quantitative estimate of drug-likeness (QED) is 0.827. The lowest BCUT2D eigenvalue weighted by molar-refractivity contribution is -0.127. The first-order valence-corrected chi connectivity index (χ1v) is 8.84. The molecule has 110 valence electrons. The predicted octanol–water partition coefficient (Wildman–Crippen LogP) is 1.51. The minimum atomic E-state index is -3.22. The monoisotopic (exact) mass is 295 g/mol. The smallest absolute Gasteiger partial charge is 0.237 e. The highest BCUT2D eigenvalue weighted by atomic mass is 32.2. The topological polar surface area (TPSA) is 54.5 Å². The molecule has 1 aliphatic rings. The molecule has 1 aromatic carbocycles. The zero-order valence-corrected chi connectivity index (χ0v) is 12.6. The Morgan fingerprint density at radius 1 is 1.30 bits per heavy atom. The Bertz CT molecular complexity index is 554. The van der Waals surface area contributed by atoms with E-state index in [4.69, 9.17) is 0 Å². The summed E-state index contributed by atoms with van der Waals surface area (Å²) in [5.41, 5.74) is 1.27. The standard InChI is InChI=1S/C15H21NO3S/c1-2-20(18,19)12-15(17)16-9-8-14(11-16)10-13-6-4-3-5-7-13/h3-7,14H,2,8-12H2,1H3. The second-order valence-corrected chi connectivity index (χ2v) is 7.71. The van der Waals surface area contributed by atoms with Gasteiger partial charge in [-0.25, -0.2) is 8.42 Å². The maximum atomic E-state index is 12.0. The van der Waals surface area contributed by atoms with Gasteiger partial charge in [0.05, 0.1) is 0 Å². The normalized spacial score (nSPS) is 19.2. The Morgan fingerprint density at radius 2 is 2.00 bits per heavy atom. The highest BCUT2D eigenvalue weighted by Crippen LogP contribution is 2.21. The molecule has 5 heteroatoms. The molecule has 1 atom stereocenters. The summed E-state index contributed by atoms with van der Waals surface area (Å²) in [5.74, 6) is -0.130. The fraction of sp³-hybridized carbons (Fsp3) is 0.533. The number of benzene rings is 1. The van der Waals surface area contributed by atoms with E-state index in [1.54, 1.807) is 11.8 Å². The first-order chi connectivity index (χ1) is 9.50. The average molecular weight is 295 g/mol. The van der Waals surface area contributed by atoms with Gasteiger partial charge >= 0.3 is 0 Å². The third-order valence-electron chi connectivity index (χ3n) is 3.79. The van der Waals surface area contributed by atoms with Crippen LogP contribution in [0.25, 0.3) is 0 Å². The summed E-state index contributed by atoms with van der Waals surface area (Å²) < 4.78 is 23.0. The molecular weight excluding hydrogens is 274 g/mol. The Hall–Kier alpha value is -1.36. The van der Waals surface area contributed by atoms with Crippen LogP contribution in [0, 0.1) is 5.92 Å². The van der Waals surface area contributed by atoms with Gasteiger partial charge in [0, 0.05) is 18.8 Å². The third-order valence-corrected chi connectivity index (χ3v) is 5.36. The number of hydrogen-bond donors (Lipinski definition) is 0. The van der Waals surface area contributed by atoms with Crippen molar-refractivity contribution >= 4 is 15.7 Å². The van der Waals surface area contributed by atoms with Gasteiger partial charge in [0.2, 0.25) is 5.91 Å². The number of hydrogen-bond acceptors (Lipinski definition) is 3. The number of rotatable bonds is 5. The summed E-state index contributed by atoms with van der Waals surface area (Å²) in [7, 11) is -3.22. The number of nitrogens with zero attached hydrogens (tertiary/aromatic N) is 1. The van der Waals surface area contributed by atoms with E-state index >= 15 is 0 Å². The summed E-state index contributed by atoms with van der Waals surface area (Å²) >= 11 is 0. The van der Waals surface area contributed by atoms with Crippen molar-refractivity contribution < 1.29 is 13.2 Å². The zero-order chi connectivity index (χ0) is 14.6. The van der Waals surface area contributed by atoms with Crippen LogP contribution in [0.2, 0.25) is 0 Å². The SMILES string of the molecule is CCS(=O)(=O)CC(=O)N1CCC(Cc2ccccc2)C1. The number of sulfone groups is 1. The number of likely N-dealkylation sites (tertiary alicyclic amines) is 1. The molecule has 1 aromatic rings. The summed E-state index contributed by atoms with van der Waals surface area (Å²) in [6.07, 6.45) is 1.90. The molecule has 0 N–H and O–H groups in total. The molecule has 2 rings (SSSR count). The molecule has 0 aromatic heterocycles. The number of carbonyl (C=O) groups is 1. The Kier molecular flexibility index (Phi) is 4.81. The van der Waals surface area contributed by atoms with Gasteiger partial charge in [-0.3, -0.25) is 4.79 Å². The van der Waals surface area contributed by atoms with Gasteiger partial charge in [-0.1, -0.05) is 37.3 Å². The van der Waals surface area contributed by atoms with Gasteiger partial charge in [-0.15, -0.1) is 0 Å². The van der Waals surface area contributed by atoms with E-state index in [0.717, 1.165) is 12.8 Å². The first kappa shape index (κ1) is 15.0. The van der Waals surface area contributed by atoms with Crippen LogP contribution in [0.5, 0.6) is 0 Å². The third kappa shape index (κ3) is 4.07. The molecule has 1 unspecified atom stereocenters. The van der Waals surface area contributed by atoms with Crippen LogP contribution >= 0.6 is 0 Å². The molecule has 1 amide bonds. The molecule has 0 aliphatic carbocycles. The summed E-state index contributed by atoms with van der Waals surface area (Å²) in [6, 6.07) is 10.2. The largest absolute Gasteiger partial charge is 0.342 e. The zero-order valence-electron chi connectivity index (χ0n) is 11.8. The van der Waals surface area contributed by atoms with Crippen molar-refractivity contribution in [3.8, 4) is 0 Å². The molecule has 1 aliphatic heterocycles. The first-order valence-electron chi connectivity index (χ1n) is 7.02. The van der Waals surface area contributed by atoms with Crippen molar-refractivity contribution in [3.05, 3.63) is 35.9 Å². The van der Waals surface area contributed by atoms with Crippen molar-refractivity contribution in [2.45, 2.75) is 19.8 Å². The fourth-order valence-corrected chi connectivity index (χ4v) is 3.32. The van der Waals surface area contributed by atoms with Gasteiger partial charge in [-0.05, 0) is 24.3 Å². The maximum absolute atomic E-state index is 12.0. The van der Waals surface area contributed by atoms with Crippen LogP contribution in [0.3, 0.4) is 0 Å². The lowest BCUT2D eigenvalue weighted by Gasteiger charge is -2.16. The van der Waals surface area contributed by atoms with Crippen LogP contribution in [-0.4, -0.2) is 43.8 Å². The van der Waals surface area contributed by atoms with Crippen molar-refractivity contribution in [2.75, 3.05) is 24.6 Å². The summed E-state index contributed by atoms with van der Waals surface area (Å²) in [5, 5.41) is 0. The molecule has 0 spiro atoms. The lowest BCUT2D eigenvalue weighted by atomic mass is 9.99. The van der Waals surface area contributed by atoms with Crippen molar-refractivity contribution in [2.24, 2.45) is 5.92 Å². The molecule has 0 saturated carbocycles. The highest BCUT2D eigenvalue weighted by molar-refractivity contribution is 7.92. The molecule has 0 bridgehead atoms. The Balaban J connectivity index is 1.88. The molecule has 1 fully saturated rings. The predicted molar refractivity (Wildman–Crippen MR) is 79.2 cm³/mol. The van der Waals surface area contributed by atoms with E-state index in [2.05, 4.69) is 12.1 Å². The number of carbonyl (C=O) groups excluding carboxylic acids is 1. The van der Waals surface area contributed by atoms with E-state index in [1.807, 2.05) is 18.2 Å². The van der Waals surface area contributed by atoms with Gasteiger partial charge in [0.1, 0.15) is 5.75 Å². The van der Waals surface area contributed by atoms with E-state index < -0.39 is 9.84 Å². The van der Waals surface area contributed by atoms with Crippen LogP contribution < -0.4 is 0 Å². The minimum Gasteiger partial charge on any atom is -0.342 e. The molecule has 0 radical (unpaired) electrons. The van der Waals surface area contributed by atoms with E-state index in [9.17, 15) is 13.2 Å². The van der Waals surface area contributed by atoms with E-state index in [1.165, 1.54) is 5.56 Å².